The van der Waals surface area contributed by atoms with Crippen molar-refractivity contribution in [2.75, 3.05) is 11.5 Å². The lowest BCUT2D eigenvalue weighted by atomic mass is 10.3. The third kappa shape index (κ3) is 1.60. The average Bonchev–Trinajstić information content (AvgIpc) is 2.04. The van der Waals surface area contributed by atoms with Gasteiger partial charge in [0.25, 0.3) is 0 Å². The normalized spacial score (nSPS) is 8.82. The third-order valence-electron chi connectivity index (χ3n) is 1.20. The topological polar surface area (TPSA) is 39.9 Å². The van der Waals surface area contributed by atoms with Gasteiger partial charge >= 0.3 is 0 Å². The van der Waals surface area contributed by atoms with E-state index >= 15 is 0 Å². The predicted octanol–water partition coefficient (Wildman–Crippen LogP) is 1.54. The van der Waals surface area contributed by atoms with Gasteiger partial charge in [-0.05, 0) is 12.1 Å². The molecule has 0 fully saturated rings. The molecule has 0 bridgehead atoms. The molecule has 0 saturated carbocycles. The van der Waals surface area contributed by atoms with Crippen molar-refractivity contribution in [1.29, 1.82) is 5.26 Å². The van der Waals surface area contributed by atoms with Gasteiger partial charge in [0.2, 0.25) is 0 Å². The van der Waals surface area contributed by atoms with Crippen molar-refractivity contribution in [2.45, 2.75) is 0 Å². The summed E-state index contributed by atoms with van der Waals surface area (Å²) < 4.78 is 1.29. The lowest BCUT2D eigenvalue weighted by molar-refractivity contribution is 1.19. The second-order valence-corrected chi connectivity index (χ2v) is 2.47. The van der Waals surface area contributed by atoms with Crippen LogP contribution in [0.5, 0.6) is 0 Å². The Bertz CT molecular complexity index is 290. The second-order valence-electron chi connectivity index (χ2n) is 1.96. The minimum absolute atomic E-state index is 0.477. The Hall–Kier alpha value is -1.27. The van der Waals surface area contributed by atoms with Crippen LogP contribution in [0.3, 0.4) is 0 Å². The zero-order valence-corrected chi connectivity index (χ0v) is 6.71. The molecule has 4 heteroatoms. The van der Waals surface area contributed by atoms with Crippen LogP contribution in [-0.4, -0.2) is 12.0 Å². The standard InChI is InChI=1S/C7H6ClN3/c1-11(8)7-6(5-9)3-2-4-10-7/h2-4H,1H3. The second kappa shape index (κ2) is 3.22. The molecule has 0 amide bonds. The van der Waals surface area contributed by atoms with Crippen molar-refractivity contribution in [2.24, 2.45) is 0 Å². The molecule has 0 aliphatic carbocycles. The lowest BCUT2D eigenvalue weighted by Gasteiger charge is -2.07. The van der Waals surface area contributed by atoms with Crippen LogP contribution in [0.1, 0.15) is 5.56 Å². The number of hydrogen-bond donors (Lipinski definition) is 0. The molecule has 1 aromatic heterocycles. The first-order chi connectivity index (χ1) is 5.25. The Morgan fingerprint density at radius 2 is 2.45 bits per heavy atom. The molecular formula is C7H6ClN3. The molecule has 0 radical (unpaired) electrons. The maximum Gasteiger partial charge on any atom is 0.160 e. The molecule has 0 unspecified atom stereocenters. The minimum atomic E-state index is 0.477. The molecule has 1 aromatic rings. The molecule has 1 heterocycles. The number of hydrogen-bond acceptors (Lipinski definition) is 3. The molecule has 0 aliphatic heterocycles. The van der Waals surface area contributed by atoms with E-state index in [-0.39, 0.29) is 0 Å². The van der Waals surface area contributed by atoms with Crippen LogP contribution in [0.15, 0.2) is 18.3 Å². The van der Waals surface area contributed by atoms with Gasteiger partial charge in [-0.3, -0.25) is 4.42 Å². The molecule has 0 spiro atoms. The minimum Gasteiger partial charge on any atom is -0.271 e. The van der Waals surface area contributed by atoms with Gasteiger partial charge in [0.15, 0.2) is 5.82 Å². The van der Waals surface area contributed by atoms with Crippen molar-refractivity contribution in [1.82, 2.24) is 4.98 Å². The van der Waals surface area contributed by atoms with E-state index in [2.05, 4.69) is 4.98 Å². The van der Waals surface area contributed by atoms with Crippen molar-refractivity contribution in [3.05, 3.63) is 23.9 Å². The summed E-state index contributed by atoms with van der Waals surface area (Å²) in [6.07, 6.45) is 1.59. The fourth-order valence-corrected chi connectivity index (χ4v) is 0.864. The third-order valence-corrected chi connectivity index (χ3v) is 1.36. The largest absolute Gasteiger partial charge is 0.271 e. The van der Waals surface area contributed by atoms with Gasteiger partial charge in [-0.1, -0.05) is 0 Å². The number of pyridine rings is 1. The van der Waals surface area contributed by atoms with E-state index in [1.807, 2.05) is 6.07 Å². The zero-order valence-electron chi connectivity index (χ0n) is 5.95. The average molecular weight is 168 g/mol. The maximum absolute atomic E-state index is 8.59. The highest BCUT2D eigenvalue weighted by atomic mass is 35.5. The lowest BCUT2D eigenvalue weighted by Crippen LogP contribution is -2.04. The summed E-state index contributed by atoms with van der Waals surface area (Å²) in [7, 11) is 1.63. The quantitative estimate of drug-likeness (QED) is 0.596. The Labute approximate surface area is 69.9 Å². The van der Waals surface area contributed by atoms with E-state index in [0.717, 1.165) is 0 Å². The van der Waals surface area contributed by atoms with E-state index in [4.69, 9.17) is 17.0 Å². The first-order valence-corrected chi connectivity index (χ1v) is 3.34. The van der Waals surface area contributed by atoms with E-state index in [9.17, 15) is 0 Å². The Kier molecular flexibility index (Phi) is 2.29. The SMILES string of the molecule is CN(Cl)c1ncccc1C#N. The highest BCUT2D eigenvalue weighted by Gasteiger charge is 2.03. The van der Waals surface area contributed by atoms with E-state index < -0.39 is 0 Å². The maximum atomic E-state index is 8.59. The number of rotatable bonds is 1. The molecule has 56 valence electrons. The highest BCUT2D eigenvalue weighted by Crippen LogP contribution is 2.15. The van der Waals surface area contributed by atoms with Crippen molar-refractivity contribution in [3.8, 4) is 6.07 Å². The van der Waals surface area contributed by atoms with Gasteiger partial charge in [0.05, 0.1) is 5.56 Å². The summed E-state index contributed by atoms with van der Waals surface area (Å²) in [5.41, 5.74) is 0.477. The molecule has 0 atom stereocenters. The summed E-state index contributed by atoms with van der Waals surface area (Å²) in [4.78, 5) is 3.92. The van der Waals surface area contributed by atoms with Crippen molar-refractivity contribution >= 4 is 17.6 Å². The Balaban J connectivity index is 3.15. The smallest absolute Gasteiger partial charge is 0.160 e. The zero-order chi connectivity index (χ0) is 8.27. The van der Waals surface area contributed by atoms with Gasteiger partial charge < -0.3 is 0 Å². The summed E-state index contributed by atoms with van der Waals surface area (Å²) in [5, 5.41) is 8.59. The Morgan fingerprint density at radius 1 is 1.73 bits per heavy atom. The van der Waals surface area contributed by atoms with Crippen LogP contribution in [0.4, 0.5) is 5.82 Å². The Morgan fingerprint density at radius 3 is 2.91 bits per heavy atom. The first kappa shape index (κ1) is 7.83. The summed E-state index contributed by atoms with van der Waals surface area (Å²) in [6.45, 7) is 0. The van der Waals surface area contributed by atoms with E-state index in [1.165, 1.54) is 4.42 Å². The number of aromatic nitrogens is 1. The van der Waals surface area contributed by atoms with Crippen LogP contribution in [0.2, 0.25) is 0 Å². The van der Waals surface area contributed by atoms with Gasteiger partial charge in [-0.25, -0.2) is 4.98 Å². The summed E-state index contributed by atoms with van der Waals surface area (Å²) in [6, 6.07) is 5.35. The molecule has 3 nitrogen and oxygen atoms in total. The number of nitrogens with zero attached hydrogens (tertiary/aromatic N) is 3. The van der Waals surface area contributed by atoms with Crippen molar-refractivity contribution < 1.29 is 0 Å². The highest BCUT2D eigenvalue weighted by molar-refractivity contribution is 6.25. The monoisotopic (exact) mass is 167 g/mol. The molecule has 0 aliphatic rings. The number of halogens is 1. The van der Waals surface area contributed by atoms with Crippen LogP contribution in [-0.2, 0) is 0 Å². The fourth-order valence-electron chi connectivity index (χ4n) is 0.730. The summed E-state index contributed by atoms with van der Waals surface area (Å²) >= 11 is 5.61. The number of anilines is 1. The van der Waals surface area contributed by atoms with Gasteiger partial charge in [-0.15, -0.1) is 0 Å². The molecule has 0 aromatic carbocycles. The molecule has 1 rings (SSSR count). The molecule has 11 heavy (non-hydrogen) atoms. The molecule has 0 saturated heterocycles. The number of nitriles is 1. The van der Waals surface area contributed by atoms with Gasteiger partial charge in [0, 0.05) is 25.0 Å². The van der Waals surface area contributed by atoms with Crippen LogP contribution in [0, 0.1) is 11.3 Å². The first-order valence-electron chi connectivity index (χ1n) is 3.00. The van der Waals surface area contributed by atoms with Crippen molar-refractivity contribution in [3.63, 3.8) is 0 Å². The van der Waals surface area contributed by atoms with E-state index in [0.29, 0.717) is 11.4 Å². The molecule has 0 N–H and O–H groups in total. The van der Waals surface area contributed by atoms with Crippen LogP contribution >= 0.6 is 11.8 Å². The van der Waals surface area contributed by atoms with Gasteiger partial charge in [0.1, 0.15) is 6.07 Å². The summed E-state index contributed by atoms with van der Waals surface area (Å²) in [5.74, 6) is 0.483. The molecular weight excluding hydrogens is 162 g/mol. The fraction of sp³-hybridized carbons (Fsp3) is 0.143. The van der Waals surface area contributed by atoms with E-state index in [1.54, 1.807) is 25.4 Å². The van der Waals surface area contributed by atoms with Crippen LogP contribution in [0.25, 0.3) is 0 Å². The predicted molar refractivity (Wildman–Crippen MR) is 43.2 cm³/mol. The van der Waals surface area contributed by atoms with Gasteiger partial charge in [-0.2, -0.15) is 5.26 Å². The van der Waals surface area contributed by atoms with Crippen LogP contribution < -0.4 is 4.42 Å².